The summed E-state index contributed by atoms with van der Waals surface area (Å²) in [7, 11) is 0. The number of nitrogens with zero attached hydrogens (tertiary/aromatic N) is 1. The first kappa shape index (κ1) is 12.0. The normalized spacial score (nSPS) is 8.62. The molecule has 1 aromatic heterocycles. The van der Waals surface area contributed by atoms with Crippen LogP contribution in [0.3, 0.4) is 0 Å². The Morgan fingerprint density at radius 2 is 1.46 bits per heavy atom. The second-order valence-electron chi connectivity index (χ2n) is 2.14. The Balaban J connectivity index is 0.00000144. The van der Waals surface area contributed by atoms with Crippen LogP contribution in [0, 0.1) is 0 Å². The van der Waals surface area contributed by atoms with Crippen molar-refractivity contribution >= 4 is 38.0 Å². The van der Waals surface area contributed by atoms with Crippen molar-refractivity contribution in [1.29, 1.82) is 0 Å². The molecule has 0 aromatic carbocycles. The molecule has 0 aliphatic carbocycles. The zero-order valence-corrected chi connectivity index (χ0v) is 10.1. The predicted molar refractivity (Wildman–Crippen MR) is 47.0 cm³/mol. The molecule has 1 aromatic rings. The van der Waals surface area contributed by atoms with Crippen molar-refractivity contribution in [2.45, 2.75) is 0 Å². The first-order valence-corrected chi connectivity index (χ1v) is 3.18. The van der Waals surface area contributed by atoms with Crippen LogP contribution >= 0.6 is 0 Å². The van der Waals surface area contributed by atoms with E-state index in [9.17, 15) is 9.59 Å². The van der Waals surface area contributed by atoms with Gasteiger partial charge < -0.3 is 11.5 Å². The topological polar surface area (TPSA) is 99.1 Å². The van der Waals surface area contributed by atoms with Gasteiger partial charge >= 0.3 is 0 Å². The van der Waals surface area contributed by atoms with E-state index >= 15 is 0 Å². The maximum atomic E-state index is 10.6. The molecule has 2 amide bonds. The number of nitrogens with two attached hydrogens (primary N) is 2. The van der Waals surface area contributed by atoms with Crippen LogP contribution < -0.4 is 11.5 Å². The fourth-order valence-electron chi connectivity index (χ4n) is 0.709. The van der Waals surface area contributed by atoms with Gasteiger partial charge in [-0.15, -0.1) is 0 Å². The van der Waals surface area contributed by atoms with Crippen LogP contribution in [0.2, 0.25) is 0 Å². The van der Waals surface area contributed by atoms with Crippen LogP contribution in [0.1, 0.15) is 21.0 Å². The molecule has 0 aliphatic rings. The number of amides is 2. The van der Waals surface area contributed by atoms with E-state index in [1.165, 1.54) is 18.2 Å². The molecule has 0 saturated carbocycles. The van der Waals surface area contributed by atoms with E-state index in [2.05, 4.69) is 4.98 Å². The summed E-state index contributed by atoms with van der Waals surface area (Å²) in [6, 6.07) is 4.32. The number of carbonyl (C=O) groups is 2. The first-order valence-electron chi connectivity index (χ1n) is 3.18. The molecule has 1 heterocycles. The summed E-state index contributed by atoms with van der Waals surface area (Å²) in [4.78, 5) is 24.8. The quantitative estimate of drug-likeness (QED) is 0.643. The van der Waals surface area contributed by atoms with Crippen molar-refractivity contribution in [2.24, 2.45) is 11.5 Å². The molecule has 3 radical (unpaired) electrons. The number of rotatable bonds is 2. The third kappa shape index (κ3) is 3.07. The van der Waals surface area contributed by atoms with Crippen LogP contribution in [0.5, 0.6) is 0 Å². The average molecular weight is 374 g/mol. The van der Waals surface area contributed by atoms with Gasteiger partial charge in [0, 0.05) is 26.2 Å². The molecule has 0 atom stereocenters. The molecule has 0 unspecified atom stereocenters. The Bertz CT molecular complexity index is 311. The molecule has 0 saturated heterocycles. The van der Waals surface area contributed by atoms with Gasteiger partial charge in [-0.3, -0.25) is 9.59 Å². The summed E-state index contributed by atoms with van der Waals surface area (Å²) in [5.41, 5.74) is 9.93. The van der Waals surface area contributed by atoms with Crippen LogP contribution in [-0.2, 0) is 0 Å². The van der Waals surface area contributed by atoms with Crippen LogP contribution in [-0.4, -0.2) is 43.0 Å². The SMILES string of the molecule is NC(=O)c1cccc(C(N)=O)n1.[Bi]. The third-order valence-corrected chi connectivity index (χ3v) is 1.25. The van der Waals surface area contributed by atoms with E-state index in [1.54, 1.807) is 0 Å². The van der Waals surface area contributed by atoms with Crippen molar-refractivity contribution in [3.05, 3.63) is 29.6 Å². The summed E-state index contributed by atoms with van der Waals surface area (Å²) in [6.07, 6.45) is 0. The molecule has 0 aliphatic heterocycles. The maximum absolute atomic E-state index is 10.6. The van der Waals surface area contributed by atoms with E-state index in [-0.39, 0.29) is 37.6 Å². The van der Waals surface area contributed by atoms with Crippen molar-refractivity contribution in [3.63, 3.8) is 0 Å². The zero-order valence-electron chi connectivity index (χ0n) is 6.60. The Morgan fingerprint density at radius 3 is 1.77 bits per heavy atom. The molecule has 5 nitrogen and oxygen atoms in total. The van der Waals surface area contributed by atoms with Gasteiger partial charge in [0.1, 0.15) is 11.4 Å². The monoisotopic (exact) mass is 374 g/mol. The second-order valence-corrected chi connectivity index (χ2v) is 2.14. The van der Waals surface area contributed by atoms with Crippen LogP contribution in [0.15, 0.2) is 18.2 Å². The third-order valence-electron chi connectivity index (χ3n) is 1.25. The molecule has 0 bridgehead atoms. The number of carbonyl (C=O) groups excluding carboxylic acids is 2. The summed E-state index contributed by atoms with van der Waals surface area (Å²) in [6.45, 7) is 0. The number of pyridine rings is 1. The minimum absolute atomic E-state index is 0. The fourth-order valence-corrected chi connectivity index (χ4v) is 0.709. The molecular formula is C7H7BiN3O2. The van der Waals surface area contributed by atoms with Crippen LogP contribution in [0.25, 0.3) is 0 Å². The summed E-state index contributed by atoms with van der Waals surface area (Å²) in [5, 5.41) is 0. The number of hydrogen-bond acceptors (Lipinski definition) is 3. The number of hydrogen-bond donors (Lipinski definition) is 2. The van der Waals surface area contributed by atoms with Crippen molar-refractivity contribution < 1.29 is 9.59 Å². The van der Waals surface area contributed by atoms with Gasteiger partial charge in [0.15, 0.2) is 0 Å². The minimum atomic E-state index is -0.682. The molecular weight excluding hydrogens is 367 g/mol. The van der Waals surface area contributed by atoms with E-state index in [0.29, 0.717) is 0 Å². The molecule has 67 valence electrons. The van der Waals surface area contributed by atoms with E-state index in [0.717, 1.165) is 0 Å². The molecule has 0 fully saturated rings. The second kappa shape index (κ2) is 4.87. The van der Waals surface area contributed by atoms with Gasteiger partial charge in [-0.05, 0) is 12.1 Å². The van der Waals surface area contributed by atoms with Gasteiger partial charge in [-0.25, -0.2) is 4.98 Å². The largest absolute Gasteiger partial charge is 0.364 e. The Morgan fingerprint density at radius 1 is 1.08 bits per heavy atom. The van der Waals surface area contributed by atoms with Gasteiger partial charge in [-0.1, -0.05) is 6.07 Å². The number of primary amides is 2. The van der Waals surface area contributed by atoms with Crippen molar-refractivity contribution in [3.8, 4) is 0 Å². The van der Waals surface area contributed by atoms with E-state index < -0.39 is 11.8 Å². The first-order chi connectivity index (χ1) is 5.61. The molecule has 13 heavy (non-hydrogen) atoms. The van der Waals surface area contributed by atoms with Crippen molar-refractivity contribution in [1.82, 2.24) is 4.98 Å². The molecule has 1 rings (SSSR count). The van der Waals surface area contributed by atoms with Gasteiger partial charge in [-0.2, -0.15) is 0 Å². The van der Waals surface area contributed by atoms with E-state index in [4.69, 9.17) is 11.5 Å². The molecule has 4 N–H and O–H groups in total. The Labute approximate surface area is 93.6 Å². The summed E-state index contributed by atoms with van der Waals surface area (Å²) >= 11 is 0. The fraction of sp³-hybridized carbons (Fsp3) is 0. The average Bonchev–Trinajstić information content (AvgIpc) is 2.04. The predicted octanol–water partition coefficient (Wildman–Crippen LogP) is -1.10. The minimum Gasteiger partial charge on any atom is -0.364 e. The standard InChI is InChI=1S/C7H7N3O2.Bi/c8-6(11)4-2-1-3-5(10-4)7(9)12;/h1-3H,(H2,8,11)(H2,9,12);. The Hall–Kier alpha value is -1.03. The molecule has 6 heteroatoms. The van der Waals surface area contributed by atoms with Gasteiger partial charge in [0.05, 0.1) is 0 Å². The summed E-state index contributed by atoms with van der Waals surface area (Å²) in [5.74, 6) is -1.36. The number of aromatic nitrogens is 1. The van der Waals surface area contributed by atoms with Gasteiger partial charge in [0.2, 0.25) is 0 Å². The summed E-state index contributed by atoms with van der Waals surface area (Å²) < 4.78 is 0. The Kier molecular flexibility index (Phi) is 4.48. The smallest absolute Gasteiger partial charge is 0.267 e. The van der Waals surface area contributed by atoms with Crippen LogP contribution in [0.4, 0.5) is 0 Å². The maximum Gasteiger partial charge on any atom is 0.267 e. The van der Waals surface area contributed by atoms with Crippen molar-refractivity contribution in [2.75, 3.05) is 0 Å². The van der Waals surface area contributed by atoms with E-state index in [1.807, 2.05) is 0 Å². The van der Waals surface area contributed by atoms with Gasteiger partial charge in [0.25, 0.3) is 11.8 Å². The zero-order chi connectivity index (χ0) is 9.14. The molecule has 0 spiro atoms.